The zero-order chi connectivity index (χ0) is 22.6. The van der Waals surface area contributed by atoms with Crippen LogP contribution in [-0.2, 0) is 14.3 Å². The maximum absolute atomic E-state index is 12.4. The predicted molar refractivity (Wildman–Crippen MR) is 116 cm³/mol. The van der Waals surface area contributed by atoms with Gasteiger partial charge in [-0.2, -0.15) is 0 Å². The summed E-state index contributed by atoms with van der Waals surface area (Å²) in [6.45, 7) is 3.88. The Bertz CT molecular complexity index is 902. The molecular weight excluding hydrogens is 422 g/mol. The predicted octanol–water partition coefficient (Wildman–Crippen LogP) is 1.83. The van der Waals surface area contributed by atoms with Crippen LogP contribution in [0.2, 0.25) is 0 Å². The molecule has 0 aliphatic carbocycles. The van der Waals surface area contributed by atoms with E-state index < -0.39 is 29.9 Å². The Labute approximate surface area is 183 Å². The lowest BCUT2D eigenvalue weighted by molar-refractivity contribution is -0.143. The van der Waals surface area contributed by atoms with E-state index in [0.717, 1.165) is 16.9 Å². The van der Waals surface area contributed by atoms with Crippen LogP contribution in [0.3, 0.4) is 0 Å². The van der Waals surface area contributed by atoms with Gasteiger partial charge in [0.1, 0.15) is 5.69 Å². The number of hydrogen-bond acceptors (Lipinski definition) is 7. The number of hydrogen-bond donors (Lipinski definition) is 4. The number of benzene rings is 1. The summed E-state index contributed by atoms with van der Waals surface area (Å²) in [5, 5.41) is 12.0. The third kappa shape index (κ3) is 8.05. The molecule has 1 heterocycles. The highest BCUT2D eigenvalue weighted by Gasteiger charge is 2.20. The minimum atomic E-state index is -0.586. The molecule has 11 heteroatoms. The molecule has 166 valence electrons. The van der Waals surface area contributed by atoms with Gasteiger partial charge in [0, 0.05) is 11.9 Å². The molecule has 0 aliphatic rings. The number of anilines is 1. The SMILES string of the molecule is CCNC(=O)Nc1nc(C(=O)NCC(=O)NC(CC(=O)OCC)c2ccccc2)cs1. The van der Waals surface area contributed by atoms with Crippen molar-refractivity contribution < 1.29 is 23.9 Å². The molecule has 1 aromatic heterocycles. The topological polar surface area (TPSA) is 139 Å². The summed E-state index contributed by atoms with van der Waals surface area (Å²) in [5.74, 6) is -1.46. The van der Waals surface area contributed by atoms with Crippen molar-refractivity contribution in [3.8, 4) is 0 Å². The first-order valence-electron chi connectivity index (χ1n) is 9.71. The average Bonchev–Trinajstić information content (AvgIpc) is 3.21. The van der Waals surface area contributed by atoms with Crippen LogP contribution in [0, 0.1) is 0 Å². The molecule has 1 unspecified atom stereocenters. The van der Waals surface area contributed by atoms with Gasteiger partial charge in [-0.05, 0) is 19.4 Å². The number of carbonyl (C=O) groups excluding carboxylic acids is 4. The number of esters is 1. The standard InChI is InChI=1S/C20H25N5O5S/c1-3-21-19(29)25-20-24-15(12-31-20)18(28)22-11-16(26)23-14(10-17(27)30-4-2)13-8-6-5-7-9-13/h5-9,12,14H,3-4,10-11H2,1-2H3,(H,22,28)(H,23,26)(H2,21,24,25,29). The molecule has 4 N–H and O–H groups in total. The Morgan fingerprint density at radius 3 is 2.52 bits per heavy atom. The fourth-order valence-corrected chi connectivity index (χ4v) is 3.24. The lowest BCUT2D eigenvalue weighted by Gasteiger charge is -2.18. The highest BCUT2D eigenvalue weighted by molar-refractivity contribution is 7.14. The summed E-state index contributed by atoms with van der Waals surface area (Å²) in [6, 6.07) is 8.01. The molecule has 0 aliphatic heterocycles. The third-order valence-electron chi connectivity index (χ3n) is 3.92. The fourth-order valence-electron chi connectivity index (χ4n) is 2.56. The molecule has 2 rings (SSSR count). The van der Waals surface area contributed by atoms with Gasteiger partial charge in [-0.3, -0.25) is 19.7 Å². The van der Waals surface area contributed by atoms with Gasteiger partial charge in [0.05, 0.1) is 25.6 Å². The quantitative estimate of drug-likeness (QED) is 0.410. The molecule has 1 atom stereocenters. The van der Waals surface area contributed by atoms with Crippen molar-refractivity contribution in [1.82, 2.24) is 20.9 Å². The number of ether oxygens (including phenoxy) is 1. The maximum atomic E-state index is 12.4. The second kappa shape index (κ2) is 12.3. The molecule has 10 nitrogen and oxygen atoms in total. The number of urea groups is 1. The van der Waals surface area contributed by atoms with Crippen molar-refractivity contribution in [3.05, 3.63) is 47.0 Å². The van der Waals surface area contributed by atoms with Crippen LogP contribution in [0.15, 0.2) is 35.7 Å². The van der Waals surface area contributed by atoms with E-state index in [9.17, 15) is 19.2 Å². The molecule has 0 saturated carbocycles. The molecule has 1 aromatic carbocycles. The zero-order valence-electron chi connectivity index (χ0n) is 17.3. The van der Waals surface area contributed by atoms with Crippen molar-refractivity contribution in [2.24, 2.45) is 0 Å². The van der Waals surface area contributed by atoms with Crippen LogP contribution in [-0.4, -0.2) is 48.5 Å². The van der Waals surface area contributed by atoms with E-state index in [1.807, 2.05) is 6.07 Å². The number of thiazole rings is 1. The number of nitrogens with one attached hydrogen (secondary N) is 4. The Hall–Kier alpha value is -3.47. The monoisotopic (exact) mass is 447 g/mol. The van der Waals surface area contributed by atoms with Gasteiger partial charge >= 0.3 is 12.0 Å². The second-order valence-electron chi connectivity index (χ2n) is 6.24. The Kier molecular flexibility index (Phi) is 9.43. The first-order valence-corrected chi connectivity index (χ1v) is 10.6. The largest absolute Gasteiger partial charge is 0.466 e. The number of rotatable bonds is 10. The normalized spacial score (nSPS) is 11.2. The van der Waals surface area contributed by atoms with Crippen LogP contribution in [0.25, 0.3) is 0 Å². The molecular formula is C20H25N5O5S. The Morgan fingerprint density at radius 2 is 1.84 bits per heavy atom. The Morgan fingerprint density at radius 1 is 1.10 bits per heavy atom. The molecule has 31 heavy (non-hydrogen) atoms. The van der Waals surface area contributed by atoms with Crippen molar-refractivity contribution in [1.29, 1.82) is 0 Å². The van der Waals surface area contributed by atoms with Crippen LogP contribution in [0.5, 0.6) is 0 Å². The van der Waals surface area contributed by atoms with Crippen LogP contribution >= 0.6 is 11.3 Å². The summed E-state index contributed by atoms with van der Waals surface area (Å²) >= 11 is 1.09. The van der Waals surface area contributed by atoms with E-state index >= 15 is 0 Å². The lowest BCUT2D eigenvalue weighted by Crippen LogP contribution is -2.39. The van der Waals surface area contributed by atoms with Gasteiger partial charge in [0.2, 0.25) is 5.91 Å². The zero-order valence-corrected chi connectivity index (χ0v) is 18.1. The van der Waals surface area contributed by atoms with Gasteiger partial charge in [-0.25, -0.2) is 9.78 Å². The van der Waals surface area contributed by atoms with Gasteiger partial charge in [-0.15, -0.1) is 11.3 Å². The summed E-state index contributed by atoms with van der Waals surface area (Å²) < 4.78 is 4.97. The second-order valence-corrected chi connectivity index (χ2v) is 7.10. The van der Waals surface area contributed by atoms with Crippen molar-refractivity contribution in [2.45, 2.75) is 26.3 Å². The maximum Gasteiger partial charge on any atom is 0.321 e. The van der Waals surface area contributed by atoms with Crippen molar-refractivity contribution in [3.63, 3.8) is 0 Å². The first kappa shape index (κ1) is 23.8. The Balaban J connectivity index is 1.91. The van der Waals surface area contributed by atoms with Crippen molar-refractivity contribution >= 4 is 40.3 Å². The molecule has 4 amide bonds. The number of carbonyl (C=O) groups is 4. The van der Waals surface area contributed by atoms with Gasteiger partial charge in [0.25, 0.3) is 5.91 Å². The van der Waals surface area contributed by atoms with Gasteiger partial charge in [-0.1, -0.05) is 30.3 Å². The summed E-state index contributed by atoms with van der Waals surface area (Å²) in [5.41, 5.74) is 0.825. The van der Waals surface area contributed by atoms with E-state index in [-0.39, 0.29) is 30.4 Å². The molecule has 0 bridgehead atoms. The molecule has 0 saturated heterocycles. The van der Waals surface area contributed by atoms with Gasteiger partial charge < -0.3 is 20.7 Å². The fraction of sp³-hybridized carbons (Fsp3) is 0.350. The summed E-state index contributed by atoms with van der Waals surface area (Å²) in [6.07, 6.45) is -0.0293. The number of aromatic nitrogens is 1. The summed E-state index contributed by atoms with van der Waals surface area (Å²) in [4.78, 5) is 52.0. The van der Waals surface area contributed by atoms with E-state index in [4.69, 9.17) is 4.74 Å². The minimum absolute atomic E-state index is 0.0293. The minimum Gasteiger partial charge on any atom is -0.466 e. The van der Waals surface area contributed by atoms with Gasteiger partial charge in [0.15, 0.2) is 5.13 Å². The highest BCUT2D eigenvalue weighted by Crippen LogP contribution is 2.17. The summed E-state index contributed by atoms with van der Waals surface area (Å²) in [7, 11) is 0. The van der Waals surface area contributed by atoms with Crippen LogP contribution in [0.1, 0.15) is 42.4 Å². The average molecular weight is 448 g/mol. The number of amides is 4. The van der Waals surface area contributed by atoms with E-state index in [0.29, 0.717) is 6.54 Å². The molecule has 0 spiro atoms. The van der Waals surface area contributed by atoms with E-state index in [2.05, 4.69) is 26.3 Å². The lowest BCUT2D eigenvalue weighted by atomic mass is 10.0. The third-order valence-corrected chi connectivity index (χ3v) is 4.68. The van der Waals surface area contributed by atoms with Crippen LogP contribution < -0.4 is 21.3 Å². The molecule has 0 fully saturated rings. The van der Waals surface area contributed by atoms with Crippen molar-refractivity contribution in [2.75, 3.05) is 25.0 Å². The molecule has 2 aromatic rings. The smallest absolute Gasteiger partial charge is 0.321 e. The van der Waals surface area contributed by atoms with E-state index in [1.165, 1.54) is 5.38 Å². The highest BCUT2D eigenvalue weighted by atomic mass is 32.1. The first-order chi connectivity index (χ1) is 14.9. The van der Waals surface area contributed by atoms with Crippen LogP contribution in [0.4, 0.5) is 9.93 Å². The van der Waals surface area contributed by atoms with E-state index in [1.54, 1.807) is 38.1 Å². The molecule has 0 radical (unpaired) electrons. The number of nitrogens with zero attached hydrogens (tertiary/aromatic N) is 1.